The number of rotatable bonds is 10. The molecule has 1 atom stereocenters. The largest absolute Gasteiger partial charge is 0.488 e. The maximum absolute atomic E-state index is 13.0. The summed E-state index contributed by atoms with van der Waals surface area (Å²) in [4.78, 5) is 15.5. The van der Waals surface area contributed by atoms with Crippen LogP contribution in [0.25, 0.3) is 10.8 Å². The fourth-order valence-electron chi connectivity index (χ4n) is 4.02. The smallest absolute Gasteiger partial charge is 0.250 e. The van der Waals surface area contributed by atoms with Crippen LogP contribution in [0, 0.1) is 0 Å². The summed E-state index contributed by atoms with van der Waals surface area (Å²) in [7, 11) is 0. The first-order valence-electron chi connectivity index (χ1n) is 11.4. The number of nitrogens with one attached hydrogen (secondary N) is 1. The number of fused-ring (bicyclic) bond motifs is 1. The van der Waals surface area contributed by atoms with Crippen LogP contribution in [0.4, 0.5) is 0 Å². The maximum Gasteiger partial charge on any atom is 0.250 e. The Balaban J connectivity index is 1.66. The van der Waals surface area contributed by atoms with Crippen molar-refractivity contribution in [1.82, 2.24) is 10.2 Å². The minimum absolute atomic E-state index is 0.0161. The van der Waals surface area contributed by atoms with Gasteiger partial charge >= 0.3 is 0 Å². The molecule has 4 nitrogen and oxygen atoms in total. The summed E-state index contributed by atoms with van der Waals surface area (Å²) in [6.07, 6.45) is 7.46. The second kappa shape index (κ2) is 11.2. The van der Waals surface area contributed by atoms with Crippen molar-refractivity contribution in [1.29, 1.82) is 0 Å². The molecule has 1 heterocycles. The number of carbonyl (C=O) groups is 1. The number of likely N-dealkylation sites (tertiary alicyclic amines) is 1. The van der Waals surface area contributed by atoms with Crippen LogP contribution in [0.1, 0.15) is 52.9 Å². The summed E-state index contributed by atoms with van der Waals surface area (Å²) in [5.41, 5.74) is 0.738. The lowest BCUT2D eigenvalue weighted by atomic mass is 10.1. The van der Waals surface area contributed by atoms with Gasteiger partial charge in [-0.15, -0.1) is 0 Å². The molecule has 2 aromatic rings. The Kier molecular flexibility index (Phi) is 8.32. The van der Waals surface area contributed by atoms with Crippen LogP contribution in [0.3, 0.4) is 0 Å². The molecule has 2 aromatic carbocycles. The fourth-order valence-corrected chi connectivity index (χ4v) is 4.02. The minimum Gasteiger partial charge on any atom is -0.488 e. The van der Waals surface area contributed by atoms with Crippen molar-refractivity contribution in [3.8, 4) is 5.75 Å². The fraction of sp³-hybridized carbons (Fsp3) is 0.500. The molecule has 0 aromatic heterocycles. The van der Waals surface area contributed by atoms with E-state index in [0.29, 0.717) is 12.6 Å². The molecule has 30 heavy (non-hydrogen) atoms. The molecule has 4 heteroatoms. The van der Waals surface area contributed by atoms with Crippen molar-refractivity contribution in [2.75, 3.05) is 19.7 Å². The van der Waals surface area contributed by atoms with E-state index in [-0.39, 0.29) is 11.9 Å². The number of nitrogens with zero attached hydrogens (tertiary/aromatic N) is 1. The van der Waals surface area contributed by atoms with E-state index in [1.165, 1.54) is 12.8 Å². The Morgan fingerprint density at radius 1 is 1.20 bits per heavy atom. The quantitative estimate of drug-likeness (QED) is 0.427. The highest BCUT2D eigenvalue weighted by Gasteiger charge is 2.26. The first-order valence-corrected chi connectivity index (χ1v) is 11.4. The van der Waals surface area contributed by atoms with Crippen LogP contribution in [-0.4, -0.2) is 42.6 Å². The van der Waals surface area contributed by atoms with Gasteiger partial charge < -0.3 is 10.1 Å². The monoisotopic (exact) mass is 408 g/mol. The van der Waals surface area contributed by atoms with Crippen LogP contribution in [0.2, 0.25) is 0 Å². The summed E-state index contributed by atoms with van der Waals surface area (Å²) >= 11 is 0. The van der Waals surface area contributed by atoms with Crippen LogP contribution in [-0.2, 0) is 4.79 Å². The summed E-state index contributed by atoms with van der Waals surface area (Å²) < 4.78 is 6.14. The van der Waals surface area contributed by atoms with Crippen molar-refractivity contribution in [2.45, 2.75) is 65.0 Å². The van der Waals surface area contributed by atoms with E-state index in [1.807, 2.05) is 24.3 Å². The lowest BCUT2D eigenvalue weighted by Crippen LogP contribution is -2.39. The van der Waals surface area contributed by atoms with E-state index < -0.39 is 0 Å². The van der Waals surface area contributed by atoms with Crippen LogP contribution in [0.5, 0.6) is 5.75 Å². The van der Waals surface area contributed by atoms with Gasteiger partial charge in [-0.2, -0.15) is 0 Å². The molecule has 162 valence electrons. The molecule has 0 saturated carbocycles. The topological polar surface area (TPSA) is 41.6 Å². The van der Waals surface area contributed by atoms with E-state index in [2.05, 4.69) is 55.3 Å². The molecule has 1 aliphatic rings. The first kappa shape index (κ1) is 22.4. The third-order valence-electron chi connectivity index (χ3n) is 5.91. The van der Waals surface area contributed by atoms with Crippen molar-refractivity contribution in [2.24, 2.45) is 0 Å². The van der Waals surface area contributed by atoms with Gasteiger partial charge in [0.15, 0.2) is 0 Å². The molecule has 1 unspecified atom stereocenters. The van der Waals surface area contributed by atoms with Crippen molar-refractivity contribution >= 4 is 16.7 Å². The number of unbranched alkanes of at least 4 members (excludes halogenated alkanes) is 3. The second-order valence-electron chi connectivity index (χ2n) is 8.54. The lowest BCUT2D eigenvalue weighted by molar-refractivity contribution is -0.118. The maximum atomic E-state index is 13.0. The van der Waals surface area contributed by atoms with Gasteiger partial charge in [0.25, 0.3) is 5.91 Å². The zero-order valence-corrected chi connectivity index (χ0v) is 18.7. The average molecular weight is 409 g/mol. The molecule has 1 fully saturated rings. The second-order valence-corrected chi connectivity index (χ2v) is 8.54. The van der Waals surface area contributed by atoms with Gasteiger partial charge in [0.1, 0.15) is 12.4 Å². The molecule has 3 rings (SSSR count). The highest BCUT2D eigenvalue weighted by molar-refractivity contribution is 5.94. The molecule has 0 aliphatic carbocycles. The summed E-state index contributed by atoms with van der Waals surface area (Å²) in [5.74, 6) is 0.842. The van der Waals surface area contributed by atoms with E-state index in [1.54, 1.807) is 0 Å². The first-order chi connectivity index (χ1) is 14.6. The molecule has 1 aliphatic heterocycles. The van der Waals surface area contributed by atoms with Crippen molar-refractivity contribution in [3.63, 3.8) is 0 Å². The van der Waals surface area contributed by atoms with Gasteiger partial charge in [-0.3, -0.25) is 9.69 Å². The Hall–Kier alpha value is -2.33. The number of hydrogen-bond acceptors (Lipinski definition) is 3. The summed E-state index contributed by atoms with van der Waals surface area (Å²) in [5, 5.41) is 5.47. The molecular weight excluding hydrogens is 372 g/mol. The van der Waals surface area contributed by atoms with Crippen LogP contribution in [0.15, 0.2) is 54.1 Å². The van der Waals surface area contributed by atoms with Gasteiger partial charge in [0.2, 0.25) is 0 Å². The lowest BCUT2D eigenvalue weighted by Gasteiger charge is -2.21. The van der Waals surface area contributed by atoms with E-state index >= 15 is 0 Å². The van der Waals surface area contributed by atoms with Gasteiger partial charge in [0.05, 0.1) is 5.57 Å². The Morgan fingerprint density at radius 2 is 2.00 bits per heavy atom. The number of allylic oxidation sites excluding steroid dienone is 1. The Morgan fingerprint density at radius 3 is 2.77 bits per heavy atom. The van der Waals surface area contributed by atoms with Crippen LogP contribution < -0.4 is 10.1 Å². The minimum atomic E-state index is 0.0161. The van der Waals surface area contributed by atoms with E-state index in [0.717, 1.165) is 54.4 Å². The number of hydrogen-bond donors (Lipinski definition) is 1. The molecule has 0 spiro atoms. The van der Waals surface area contributed by atoms with Gasteiger partial charge in [0, 0.05) is 30.6 Å². The normalized spacial score (nSPS) is 17.6. The molecule has 1 amide bonds. The third kappa shape index (κ3) is 6.09. The van der Waals surface area contributed by atoms with Crippen LogP contribution >= 0.6 is 0 Å². The zero-order valence-electron chi connectivity index (χ0n) is 18.7. The molecule has 1 N–H and O–H groups in total. The van der Waals surface area contributed by atoms with E-state index in [9.17, 15) is 4.79 Å². The number of amides is 1. The predicted molar refractivity (Wildman–Crippen MR) is 125 cm³/mol. The number of carbonyl (C=O) groups excluding carboxylic acids is 1. The zero-order chi connectivity index (χ0) is 21.3. The number of ether oxygens (including phenoxy) is 1. The van der Waals surface area contributed by atoms with Gasteiger partial charge in [-0.05, 0) is 44.6 Å². The highest BCUT2D eigenvalue weighted by Crippen LogP contribution is 2.25. The number of benzene rings is 2. The summed E-state index contributed by atoms with van der Waals surface area (Å²) in [6, 6.07) is 15.0. The van der Waals surface area contributed by atoms with Crippen molar-refractivity contribution in [3.05, 3.63) is 54.1 Å². The van der Waals surface area contributed by atoms with Gasteiger partial charge in [-0.1, -0.05) is 62.2 Å². The molecular formula is C26H36N2O2. The average Bonchev–Trinajstić information content (AvgIpc) is 3.22. The van der Waals surface area contributed by atoms with Gasteiger partial charge in [-0.25, -0.2) is 0 Å². The standard InChI is InChI=1S/C26H36N2O2/c1-4-5-6-7-12-22(26(29)27-23-16-17-28(18-23)20(2)3)19-30-25-15-10-13-21-11-8-9-14-24(21)25/h8-15,20,23H,4-7,16-19H2,1-3H3,(H,27,29)/b22-12+. The Bertz CT molecular complexity index is 854. The molecule has 0 radical (unpaired) electrons. The highest BCUT2D eigenvalue weighted by atomic mass is 16.5. The third-order valence-corrected chi connectivity index (χ3v) is 5.91. The predicted octanol–water partition coefficient (Wildman–Crippen LogP) is 5.32. The SMILES string of the molecule is CCCCC/C=C(\COc1cccc2ccccc12)C(=O)NC1CCN(C(C)C)C1. The Labute approximate surface area is 181 Å². The summed E-state index contributed by atoms with van der Waals surface area (Å²) in [6.45, 7) is 8.89. The van der Waals surface area contributed by atoms with Crippen molar-refractivity contribution < 1.29 is 9.53 Å². The van der Waals surface area contributed by atoms with E-state index in [4.69, 9.17) is 4.74 Å². The molecule has 0 bridgehead atoms. The molecule has 1 saturated heterocycles.